The number of carbonyl (C=O) groups is 1. The number of nitrogens with one attached hydrogen (secondary N) is 1. The number of thiophene rings is 1. The molecule has 0 aliphatic heterocycles. The van der Waals surface area contributed by atoms with Gasteiger partial charge in [0, 0.05) is 23.2 Å². The number of nitrogens with two attached hydrogens (primary N) is 1. The third kappa shape index (κ3) is 3.84. The van der Waals surface area contributed by atoms with Crippen LogP contribution in [0.2, 0.25) is 0 Å². The van der Waals surface area contributed by atoms with Gasteiger partial charge in [0.25, 0.3) is 5.91 Å². The van der Waals surface area contributed by atoms with E-state index in [4.69, 9.17) is 18.0 Å². The molecule has 2 aromatic rings. The molecule has 0 fully saturated rings. The summed E-state index contributed by atoms with van der Waals surface area (Å²) in [4.78, 5) is 17.4. The minimum absolute atomic E-state index is 0.189. The summed E-state index contributed by atoms with van der Waals surface area (Å²) in [6, 6.07) is 7.36. The molecule has 19 heavy (non-hydrogen) atoms. The van der Waals surface area contributed by atoms with Crippen LogP contribution in [0.25, 0.3) is 0 Å². The van der Waals surface area contributed by atoms with E-state index in [9.17, 15) is 4.79 Å². The lowest BCUT2D eigenvalue weighted by Crippen LogP contribution is -2.26. The molecule has 0 aliphatic rings. The Balaban J connectivity index is 1.87. The molecule has 0 unspecified atom stereocenters. The number of thiocarbonyl (C=S) groups is 1. The molecule has 0 bridgehead atoms. The zero-order valence-electron chi connectivity index (χ0n) is 10.1. The lowest BCUT2D eigenvalue weighted by Gasteiger charge is -2.04. The van der Waals surface area contributed by atoms with Gasteiger partial charge in [0.05, 0.1) is 0 Å². The quantitative estimate of drug-likeness (QED) is 0.824. The van der Waals surface area contributed by atoms with Crippen molar-refractivity contribution in [2.75, 3.05) is 6.54 Å². The molecular weight excluding hydrogens is 278 g/mol. The van der Waals surface area contributed by atoms with E-state index in [0.717, 1.165) is 6.42 Å². The van der Waals surface area contributed by atoms with E-state index in [1.165, 1.54) is 11.1 Å². The maximum atomic E-state index is 11.8. The number of amides is 1. The predicted octanol–water partition coefficient (Wildman–Crippen LogP) is 1.75. The van der Waals surface area contributed by atoms with E-state index >= 15 is 0 Å². The number of rotatable bonds is 5. The monoisotopic (exact) mass is 291 g/mol. The van der Waals surface area contributed by atoms with Crippen molar-refractivity contribution in [2.45, 2.75) is 6.42 Å². The van der Waals surface area contributed by atoms with Gasteiger partial charge < -0.3 is 11.1 Å². The van der Waals surface area contributed by atoms with Crippen molar-refractivity contribution in [2.24, 2.45) is 5.73 Å². The molecule has 98 valence electrons. The highest BCUT2D eigenvalue weighted by Gasteiger charge is 2.07. The molecule has 2 aromatic heterocycles. The van der Waals surface area contributed by atoms with Gasteiger partial charge in [-0.2, -0.15) is 0 Å². The van der Waals surface area contributed by atoms with Crippen molar-refractivity contribution in [3.63, 3.8) is 0 Å². The fourth-order valence-electron chi connectivity index (χ4n) is 1.52. The Morgan fingerprint density at radius 2 is 2.26 bits per heavy atom. The van der Waals surface area contributed by atoms with Crippen molar-refractivity contribution in [3.05, 3.63) is 52.0 Å². The second-order valence-electron chi connectivity index (χ2n) is 3.88. The lowest BCUT2D eigenvalue weighted by molar-refractivity contribution is 0.0949. The zero-order valence-corrected chi connectivity index (χ0v) is 11.8. The zero-order chi connectivity index (χ0) is 13.7. The molecule has 3 N–H and O–H groups in total. The van der Waals surface area contributed by atoms with Crippen LogP contribution in [0, 0.1) is 0 Å². The van der Waals surface area contributed by atoms with E-state index < -0.39 is 0 Å². The minimum Gasteiger partial charge on any atom is -0.389 e. The molecular formula is C13H13N3OS2. The fraction of sp³-hybridized carbons (Fsp3) is 0.154. The van der Waals surface area contributed by atoms with E-state index in [0.29, 0.717) is 17.8 Å². The topological polar surface area (TPSA) is 68.0 Å². The van der Waals surface area contributed by atoms with Gasteiger partial charge in [-0.25, -0.2) is 0 Å². The number of pyridine rings is 1. The van der Waals surface area contributed by atoms with Crippen LogP contribution < -0.4 is 11.1 Å². The summed E-state index contributed by atoms with van der Waals surface area (Å²) in [7, 11) is 0. The number of aromatic nitrogens is 1. The molecule has 0 spiro atoms. The van der Waals surface area contributed by atoms with Crippen LogP contribution in [-0.2, 0) is 6.42 Å². The van der Waals surface area contributed by atoms with Crippen LogP contribution in [0.5, 0.6) is 0 Å². The Morgan fingerprint density at radius 3 is 2.84 bits per heavy atom. The molecule has 2 rings (SSSR count). The molecule has 0 aromatic carbocycles. The van der Waals surface area contributed by atoms with Crippen molar-refractivity contribution in [3.8, 4) is 0 Å². The predicted molar refractivity (Wildman–Crippen MR) is 80.5 cm³/mol. The van der Waals surface area contributed by atoms with Gasteiger partial charge in [0.2, 0.25) is 0 Å². The van der Waals surface area contributed by atoms with Gasteiger partial charge >= 0.3 is 0 Å². The maximum Gasteiger partial charge on any atom is 0.269 e. The van der Waals surface area contributed by atoms with Gasteiger partial charge in [-0.15, -0.1) is 11.3 Å². The smallest absolute Gasteiger partial charge is 0.269 e. The highest BCUT2D eigenvalue weighted by Crippen LogP contribution is 2.08. The first-order valence-electron chi connectivity index (χ1n) is 5.73. The summed E-state index contributed by atoms with van der Waals surface area (Å²) in [5.74, 6) is -0.189. The van der Waals surface area contributed by atoms with Crippen LogP contribution in [-0.4, -0.2) is 22.4 Å². The molecule has 0 saturated heterocycles. The Labute approximate surface area is 120 Å². The summed E-state index contributed by atoms with van der Waals surface area (Å²) in [5.41, 5.74) is 6.49. The van der Waals surface area contributed by atoms with Crippen molar-refractivity contribution < 1.29 is 4.79 Å². The van der Waals surface area contributed by atoms with E-state index in [1.807, 2.05) is 17.5 Å². The first-order valence-corrected chi connectivity index (χ1v) is 7.02. The van der Waals surface area contributed by atoms with E-state index in [2.05, 4.69) is 10.3 Å². The van der Waals surface area contributed by atoms with E-state index in [-0.39, 0.29) is 10.9 Å². The number of hydrogen-bond acceptors (Lipinski definition) is 4. The summed E-state index contributed by atoms with van der Waals surface area (Å²) in [6.45, 7) is 0.595. The lowest BCUT2D eigenvalue weighted by atomic mass is 10.2. The number of nitrogens with zero attached hydrogens (tertiary/aromatic N) is 1. The highest BCUT2D eigenvalue weighted by atomic mass is 32.1. The minimum atomic E-state index is -0.189. The Kier molecular flexibility index (Phi) is 4.59. The number of carbonyl (C=O) groups excluding carboxylic acids is 1. The summed E-state index contributed by atoms with van der Waals surface area (Å²) < 4.78 is 0. The average molecular weight is 291 g/mol. The third-order valence-electron chi connectivity index (χ3n) is 2.52. The Bertz CT molecular complexity index is 564. The van der Waals surface area contributed by atoms with Crippen molar-refractivity contribution in [1.82, 2.24) is 10.3 Å². The maximum absolute atomic E-state index is 11.8. The molecule has 0 saturated carbocycles. The Hall–Kier alpha value is -1.79. The van der Waals surface area contributed by atoms with Crippen LogP contribution >= 0.6 is 23.6 Å². The third-order valence-corrected chi connectivity index (χ3v) is 3.69. The second-order valence-corrected chi connectivity index (χ2v) is 5.35. The van der Waals surface area contributed by atoms with Gasteiger partial charge in [-0.3, -0.25) is 9.78 Å². The molecule has 6 heteroatoms. The SMILES string of the molecule is NC(=S)c1ccc(C(=O)NCCc2cccs2)nc1. The van der Waals surface area contributed by atoms with Crippen LogP contribution in [0.3, 0.4) is 0 Å². The number of hydrogen-bond donors (Lipinski definition) is 2. The fourth-order valence-corrected chi connectivity index (χ4v) is 2.35. The standard InChI is InChI=1S/C13H13N3OS2/c14-12(18)9-3-4-11(16-8-9)13(17)15-6-5-10-2-1-7-19-10/h1-4,7-8H,5-6H2,(H2,14,18)(H,15,17). The first-order chi connectivity index (χ1) is 9.16. The van der Waals surface area contributed by atoms with Crippen LogP contribution in [0.1, 0.15) is 20.9 Å². The second kappa shape index (κ2) is 6.40. The van der Waals surface area contributed by atoms with Crippen LogP contribution in [0.15, 0.2) is 35.8 Å². The van der Waals surface area contributed by atoms with Crippen molar-refractivity contribution in [1.29, 1.82) is 0 Å². The van der Waals surface area contributed by atoms with Gasteiger partial charge in [-0.1, -0.05) is 18.3 Å². The molecule has 0 radical (unpaired) electrons. The molecule has 4 nitrogen and oxygen atoms in total. The summed E-state index contributed by atoms with van der Waals surface area (Å²) in [6.07, 6.45) is 2.34. The average Bonchev–Trinajstić information content (AvgIpc) is 2.92. The molecule has 2 heterocycles. The van der Waals surface area contributed by atoms with E-state index in [1.54, 1.807) is 23.5 Å². The van der Waals surface area contributed by atoms with Gasteiger partial charge in [0.15, 0.2) is 0 Å². The Morgan fingerprint density at radius 1 is 1.42 bits per heavy atom. The summed E-state index contributed by atoms with van der Waals surface area (Å²) in [5, 5.41) is 4.85. The largest absolute Gasteiger partial charge is 0.389 e. The van der Waals surface area contributed by atoms with Gasteiger partial charge in [0.1, 0.15) is 10.7 Å². The van der Waals surface area contributed by atoms with Crippen LogP contribution in [0.4, 0.5) is 0 Å². The molecule has 1 amide bonds. The van der Waals surface area contributed by atoms with Gasteiger partial charge in [-0.05, 0) is 30.0 Å². The normalized spacial score (nSPS) is 10.1. The molecule has 0 atom stereocenters. The summed E-state index contributed by atoms with van der Waals surface area (Å²) >= 11 is 6.51. The van der Waals surface area contributed by atoms with Crippen molar-refractivity contribution >= 4 is 34.5 Å². The first kappa shape index (κ1) is 13.6. The highest BCUT2D eigenvalue weighted by molar-refractivity contribution is 7.80. The molecule has 0 aliphatic carbocycles.